The number of pyridine rings is 1. The molecule has 196 valence electrons. The maximum absolute atomic E-state index is 13.8. The Morgan fingerprint density at radius 3 is 2.66 bits per heavy atom. The number of carbonyl (C=O) groups is 2. The molecule has 6 nitrogen and oxygen atoms in total. The van der Waals surface area contributed by atoms with Crippen LogP contribution in [0.3, 0.4) is 0 Å². The number of primary amides is 1. The highest BCUT2D eigenvalue weighted by atomic mass is 32.1. The number of anilines is 1. The molecule has 1 aliphatic carbocycles. The average Bonchev–Trinajstić information content (AvgIpc) is 3.25. The molecule has 1 unspecified atom stereocenters. The standard InChI is InChI=1S/C31H33N3O3S/c1-5-37-20-10-8-9-18(15-20)25-17-23(21-11-6-7-12-24(21)33-25)29(36)34-30-27(28(32)35)22-14-13-19(31(2,3)4)16-26(22)38-30/h6-12,15,17,19H,5,13-14,16H2,1-4H3,(H2,32,35)(H,34,36). The van der Waals surface area contributed by atoms with Crippen molar-refractivity contribution in [1.29, 1.82) is 0 Å². The van der Waals surface area contributed by atoms with Gasteiger partial charge in [-0.1, -0.05) is 51.1 Å². The second-order valence-electron chi connectivity index (χ2n) is 10.9. The fourth-order valence-corrected chi connectivity index (χ4v) is 6.60. The van der Waals surface area contributed by atoms with E-state index < -0.39 is 5.91 Å². The molecule has 0 bridgehead atoms. The molecule has 38 heavy (non-hydrogen) atoms. The van der Waals surface area contributed by atoms with Gasteiger partial charge in [0.1, 0.15) is 10.8 Å². The molecule has 2 heterocycles. The predicted molar refractivity (Wildman–Crippen MR) is 154 cm³/mol. The van der Waals surface area contributed by atoms with Crippen LogP contribution in [0.15, 0.2) is 54.6 Å². The zero-order valence-corrected chi connectivity index (χ0v) is 23.1. The number of nitrogens with two attached hydrogens (primary N) is 1. The van der Waals surface area contributed by atoms with Crippen molar-refractivity contribution in [3.05, 3.63) is 76.2 Å². The third-order valence-electron chi connectivity index (χ3n) is 7.37. The summed E-state index contributed by atoms with van der Waals surface area (Å²) in [7, 11) is 0. The van der Waals surface area contributed by atoms with Gasteiger partial charge in [-0.05, 0) is 67.3 Å². The molecule has 0 fully saturated rings. The molecule has 0 radical (unpaired) electrons. The summed E-state index contributed by atoms with van der Waals surface area (Å²) in [4.78, 5) is 32.3. The quantitative estimate of drug-likeness (QED) is 0.286. The number of carbonyl (C=O) groups excluding carboxylic acids is 2. The summed E-state index contributed by atoms with van der Waals surface area (Å²) in [5.41, 5.74) is 10.2. The molecule has 5 rings (SSSR count). The van der Waals surface area contributed by atoms with Crippen molar-refractivity contribution in [2.24, 2.45) is 17.1 Å². The molecular weight excluding hydrogens is 494 g/mol. The summed E-state index contributed by atoms with van der Waals surface area (Å²) in [6, 6.07) is 17.1. The Balaban J connectivity index is 1.54. The molecule has 1 atom stereocenters. The first-order valence-corrected chi connectivity index (χ1v) is 13.9. The molecule has 0 spiro atoms. The van der Waals surface area contributed by atoms with E-state index in [1.165, 1.54) is 11.3 Å². The Bertz CT molecular complexity index is 1530. The van der Waals surface area contributed by atoms with Crippen molar-refractivity contribution < 1.29 is 14.3 Å². The number of hydrogen-bond donors (Lipinski definition) is 2. The average molecular weight is 528 g/mol. The van der Waals surface area contributed by atoms with Gasteiger partial charge >= 0.3 is 0 Å². The molecule has 0 saturated heterocycles. The summed E-state index contributed by atoms with van der Waals surface area (Å²) in [5.74, 6) is 0.464. The van der Waals surface area contributed by atoms with E-state index in [0.29, 0.717) is 39.9 Å². The highest BCUT2D eigenvalue weighted by molar-refractivity contribution is 7.17. The van der Waals surface area contributed by atoms with Crippen LogP contribution in [-0.2, 0) is 12.8 Å². The molecule has 2 amide bonds. The monoisotopic (exact) mass is 527 g/mol. The van der Waals surface area contributed by atoms with E-state index in [1.807, 2.05) is 55.5 Å². The number of thiophene rings is 1. The van der Waals surface area contributed by atoms with Gasteiger partial charge < -0.3 is 15.8 Å². The summed E-state index contributed by atoms with van der Waals surface area (Å²) >= 11 is 1.48. The third-order valence-corrected chi connectivity index (χ3v) is 8.53. The lowest BCUT2D eigenvalue weighted by Crippen LogP contribution is -2.27. The lowest BCUT2D eigenvalue weighted by atomic mass is 9.72. The Morgan fingerprint density at radius 1 is 1.13 bits per heavy atom. The molecule has 0 aliphatic heterocycles. The van der Waals surface area contributed by atoms with Crippen LogP contribution in [0.5, 0.6) is 5.75 Å². The number of ether oxygens (including phenoxy) is 1. The van der Waals surface area contributed by atoms with Crippen molar-refractivity contribution in [3.63, 3.8) is 0 Å². The van der Waals surface area contributed by atoms with Crippen molar-refractivity contribution >= 4 is 39.1 Å². The predicted octanol–water partition coefficient (Wildman–Crippen LogP) is 6.86. The fourth-order valence-electron chi connectivity index (χ4n) is 5.27. The minimum absolute atomic E-state index is 0.170. The largest absolute Gasteiger partial charge is 0.494 e. The first-order chi connectivity index (χ1) is 18.2. The molecule has 2 aromatic heterocycles. The number of hydrogen-bond acceptors (Lipinski definition) is 5. The lowest BCUT2D eigenvalue weighted by Gasteiger charge is -2.33. The Labute approximate surface area is 227 Å². The highest BCUT2D eigenvalue weighted by Gasteiger charge is 2.33. The van der Waals surface area contributed by atoms with Gasteiger partial charge in [-0.25, -0.2) is 4.98 Å². The molecule has 0 saturated carbocycles. The number of rotatable bonds is 6. The van der Waals surface area contributed by atoms with E-state index in [9.17, 15) is 9.59 Å². The second kappa shape index (κ2) is 10.2. The minimum atomic E-state index is -0.500. The summed E-state index contributed by atoms with van der Waals surface area (Å²) in [6.45, 7) is 9.26. The smallest absolute Gasteiger partial charge is 0.257 e. The summed E-state index contributed by atoms with van der Waals surface area (Å²) in [5, 5.41) is 4.32. The van der Waals surface area contributed by atoms with Crippen LogP contribution in [0.2, 0.25) is 0 Å². The van der Waals surface area contributed by atoms with Crippen LogP contribution < -0.4 is 15.8 Å². The number of nitrogens with zero attached hydrogens (tertiary/aromatic N) is 1. The molecule has 7 heteroatoms. The normalized spacial score (nSPS) is 15.2. The van der Waals surface area contributed by atoms with E-state index >= 15 is 0 Å². The topological polar surface area (TPSA) is 94.3 Å². The molecule has 1 aliphatic rings. The van der Waals surface area contributed by atoms with Crippen LogP contribution in [0, 0.1) is 11.3 Å². The number of aromatic nitrogens is 1. The van der Waals surface area contributed by atoms with Gasteiger partial charge in [0.25, 0.3) is 11.8 Å². The van der Waals surface area contributed by atoms with Gasteiger partial charge in [-0.3, -0.25) is 9.59 Å². The number of fused-ring (bicyclic) bond motifs is 2. The van der Waals surface area contributed by atoms with Crippen molar-refractivity contribution in [2.75, 3.05) is 11.9 Å². The van der Waals surface area contributed by atoms with E-state index in [1.54, 1.807) is 6.07 Å². The van der Waals surface area contributed by atoms with E-state index in [4.69, 9.17) is 15.5 Å². The Kier molecular flexibility index (Phi) is 6.97. The number of nitrogens with one attached hydrogen (secondary N) is 1. The van der Waals surface area contributed by atoms with Gasteiger partial charge in [0, 0.05) is 15.8 Å². The van der Waals surface area contributed by atoms with Crippen LogP contribution in [0.25, 0.3) is 22.2 Å². The molecular formula is C31H33N3O3S. The Hall–Kier alpha value is -3.71. The third kappa shape index (κ3) is 5.03. The minimum Gasteiger partial charge on any atom is -0.494 e. The van der Waals surface area contributed by atoms with Crippen LogP contribution in [0.4, 0.5) is 5.00 Å². The number of para-hydroxylation sites is 1. The van der Waals surface area contributed by atoms with Gasteiger partial charge in [0.05, 0.1) is 28.9 Å². The molecule has 4 aromatic rings. The maximum atomic E-state index is 13.8. The first-order valence-electron chi connectivity index (χ1n) is 13.0. The second-order valence-corrected chi connectivity index (χ2v) is 12.0. The zero-order chi connectivity index (χ0) is 27.0. The number of benzene rings is 2. The Morgan fingerprint density at radius 2 is 1.92 bits per heavy atom. The highest BCUT2D eigenvalue weighted by Crippen LogP contribution is 2.44. The van der Waals surface area contributed by atoms with Crippen molar-refractivity contribution in [3.8, 4) is 17.0 Å². The van der Waals surface area contributed by atoms with Crippen LogP contribution >= 0.6 is 11.3 Å². The molecule has 3 N–H and O–H groups in total. The van der Waals surface area contributed by atoms with E-state index in [0.717, 1.165) is 46.4 Å². The maximum Gasteiger partial charge on any atom is 0.257 e. The van der Waals surface area contributed by atoms with Crippen LogP contribution in [-0.4, -0.2) is 23.4 Å². The number of amides is 2. The van der Waals surface area contributed by atoms with Crippen molar-refractivity contribution in [1.82, 2.24) is 4.98 Å². The van der Waals surface area contributed by atoms with Crippen LogP contribution in [0.1, 0.15) is 65.3 Å². The van der Waals surface area contributed by atoms with Gasteiger partial charge in [0.2, 0.25) is 0 Å². The van der Waals surface area contributed by atoms with Crippen molar-refractivity contribution in [2.45, 2.75) is 47.0 Å². The first kappa shape index (κ1) is 25.9. The van der Waals surface area contributed by atoms with Gasteiger partial charge in [-0.2, -0.15) is 0 Å². The van der Waals surface area contributed by atoms with E-state index in [2.05, 4.69) is 26.1 Å². The summed E-state index contributed by atoms with van der Waals surface area (Å²) in [6.07, 6.45) is 2.68. The SMILES string of the molecule is CCOc1cccc(-c2cc(C(=O)Nc3sc4c(c3C(N)=O)CCC(C(C)(C)C)C4)c3ccccc3n2)c1. The van der Waals surface area contributed by atoms with E-state index in [-0.39, 0.29) is 11.3 Å². The lowest BCUT2D eigenvalue weighted by molar-refractivity contribution is 0.1000. The summed E-state index contributed by atoms with van der Waals surface area (Å²) < 4.78 is 5.67. The zero-order valence-electron chi connectivity index (χ0n) is 22.3. The molecule has 2 aromatic carbocycles. The van der Waals surface area contributed by atoms with Gasteiger partial charge in [-0.15, -0.1) is 11.3 Å². The fraction of sp³-hybridized carbons (Fsp3) is 0.323. The van der Waals surface area contributed by atoms with Gasteiger partial charge in [0.15, 0.2) is 0 Å².